The van der Waals surface area contributed by atoms with Gasteiger partial charge >= 0.3 is 17.1 Å². The van der Waals surface area contributed by atoms with Crippen molar-refractivity contribution < 1.29 is 37.6 Å². The molecule has 0 saturated carbocycles. The van der Waals surface area contributed by atoms with Crippen molar-refractivity contribution in [3.63, 3.8) is 0 Å². The van der Waals surface area contributed by atoms with Crippen molar-refractivity contribution in [2.45, 2.75) is 0 Å². The standard InChI is InChI=1S/C7H6O3.Cu.H2O/c8-6-4-2-1-3-5(6)7(9)10;;/h1-4,8H,(H,9,10);;1H2/q;+2;/p-2. The van der Waals surface area contributed by atoms with Crippen molar-refractivity contribution in [2.24, 2.45) is 0 Å². The van der Waals surface area contributed by atoms with Gasteiger partial charge in [-0.2, -0.15) is 0 Å². The van der Waals surface area contributed by atoms with Crippen LogP contribution in [0.2, 0.25) is 0 Å². The first-order valence-corrected chi connectivity index (χ1v) is 2.71. The van der Waals surface area contributed by atoms with Crippen LogP contribution in [0.15, 0.2) is 24.3 Å². The van der Waals surface area contributed by atoms with Crippen molar-refractivity contribution in [1.29, 1.82) is 0 Å². The maximum absolute atomic E-state index is 10.2. The van der Waals surface area contributed by atoms with Crippen LogP contribution >= 0.6 is 0 Å². The summed E-state index contributed by atoms with van der Waals surface area (Å²) in [5.74, 6) is -1.62. The number of para-hydroxylation sites is 1. The first kappa shape index (κ1) is 13.6. The van der Waals surface area contributed by atoms with Gasteiger partial charge in [-0.05, 0) is 12.1 Å². The second-order valence-corrected chi connectivity index (χ2v) is 1.80. The van der Waals surface area contributed by atoms with E-state index >= 15 is 0 Å². The Bertz CT molecular complexity index is 261. The van der Waals surface area contributed by atoms with Crippen molar-refractivity contribution >= 4 is 5.97 Å². The number of aromatic hydroxyl groups is 1. The van der Waals surface area contributed by atoms with E-state index in [0.717, 1.165) is 0 Å². The molecule has 1 aromatic rings. The van der Waals surface area contributed by atoms with E-state index in [0.29, 0.717) is 0 Å². The van der Waals surface area contributed by atoms with E-state index in [2.05, 4.69) is 0 Å². The van der Waals surface area contributed by atoms with Crippen molar-refractivity contribution in [3.05, 3.63) is 29.8 Å². The molecule has 12 heavy (non-hydrogen) atoms. The van der Waals surface area contributed by atoms with Crippen molar-refractivity contribution in [2.75, 3.05) is 0 Å². The second kappa shape index (κ2) is 5.60. The van der Waals surface area contributed by atoms with Crippen molar-refractivity contribution in [1.82, 2.24) is 0 Å². The normalized spacial score (nSPS) is 7.67. The summed E-state index contributed by atoms with van der Waals surface area (Å²) in [7, 11) is 0. The van der Waals surface area contributed by atoms with E-state index in [4.69, 9.17) is 5.11 Å². The molecular weight excluding hydrogens is 212 g/mol. The number of hydrogen-bond acceptors (Lipinski definition) is 4. The minimum Gasteiger partial charge on any atom is -0.870 e. The summed E-state index contributed by atoms with van der Waals surface area (Å²) in [4.78, 5) is 10.2. The minimum absolute atomic E-state index is 0. The molecular formula is C7H6CuO4. The molecule has 0 aliphatic heterocycles. The Kier molecular flexibility index (Phi) is 6.32. The first-order chi connectivity index (χ1) is 4.72. The van der Waals surface area contributed by atoms with Crippen LogP contribution in [0.1, 0.15) is 10.4 Å². The van der Waals surface area contributed by atoms with Crippen LogP contribution in [0.4, 0.5) is 0 Å². The number of carboxylic acid groups (broad SMARTS) is 1. The van der Waals surface area contributed by atoms with Gasteiger partial charge in [-0.1, -0.05) is 12.1 Å². The quantitative estimate of drug-likeness (QED) is 0.647. The Morgan fingerprint density at radius 3 is 2.17 bits per heavy atom. The Morgan fingerprint density at radius 1 is 1.33 bits per heavy atom. The molecule has 2 N–H and O–H groups in total. The van der Waals surface area contributed by atoms with Crippen LogP contribution in [-0.4, -0.2) is 16.6 Å². The molecule has 0 aromatic heterocycles. The summed E-state index contributed by atoms with van der Waals surface area (Å²) in [6.07, 6.45) is 0. The summed E-state index contributed by atoms with van der Waals surface area (Å²) in [6.45, 7) is 0. The SMILES string of the molecule is O=C([O-])c1ccccc1O.[Cu+2].[OH-]. The number of phenols is 1. The van der Waals surface area contributed by atoms with Crippen LogP contribution in [0, 0.1) is 0 Å². The fourth-order valence-corrected chi connectivity index (χ4v) is 0.646. The largest absolute Gasteiger partial charge is 2.00 e. The summed E-state index contributed by atoms with van der Waals surface area (Å²) in [5, 5.41) is 19.0. The topological polar surface area (TPSA) is 90.4 Å². The maximum Gasteiger partial charge on any atom is 2.00 e. The molecule has 0 saturated heterocycles. The predicted octanol–water partition coefficient (Wildman–Crippen LogP) is -0.424. The smallest absolute Gasteiger partial charge is 0.870 e. The molecule has 0 bridgehead atoms. The number of carboxylic acids is 1. The molecule has 5 heteroatoms. The van der Waals surface area contributed by atoms with Gasteiger partial charge in [0.15, 0.2) is 0 Å². The molecule has 0 aliphatic carbocycles. The Labute approximate surface area is 79.6 Å². The zero-order valence-corrected chi connectivity index (χ0v) is 6.76. The summed E-state index contributed by atoms with van der Waals surface area (Å²) >= 11 is 0. The van der Waals surface area contributed by atoms with Crippen molar-refractivity contribution in [3.8, 4) is 5.75 Å². The van der Waals surface area contributed by atoms with Crippen LogP contribution in [0.5, 0.6) is 5.75 Å². The van der Waals surface area contributed by atoms with E-state index in [-0.39, 0.29) is 33.9 Å². The molecule has 4 nitrogen and oxygen atoms in total. The molecule has 0 heterocycles. The number of aromatic carboxylic acids is 1. The second-order valence-electron chi connectivity index (χ2n) is 1.80. The third kappa shape index (κ3) is 2.92. The van der Waals surface area contributed by atoms with Crippen LogP contribution in [0.25, 0.3) is 0 Å². The van der Waals surface area contributed by atoms with Gasteiger partial charge < -0.3 is 20.5 Å². The molecule has 1 radical (unpaired) electrons. The monoisotopic (exact) mass is 217 g/mol. The number of hydrogen-bond donors (Lipinski definition) is 1. The molecule has 0 amide bonds. The molecule has 0 fully saturated rings. The fraction of sp³-hybridized carbons (Fsp3) is 0. The number of carbonyl (C=O) groups is 1. The van der Waals surface area contributed by atoms with Gasteiger partial charge in [0.05, 0.1) is 5.97 Å². The number of rotatable bonds is 1. The van der Waals surface area contributed by atoms with E-state index in [1.165, 1.54) is 18.2 Å². The molecule has 0 spiro atoms. The van der Waals surface area contributed by atoms with Gasteiger partial charge in [-0.3, -0.25) is 0 Å². The van der Waals surface area contributed by atoms with Gasteiger partial charge in [0.25, 0.3) is 0 Å². The third-order valence-electron chi connectivity index (χ3n) is 1.12. The number of carbonyl (C=O) groups excluding carboxylic acids is 1. The Hall–Kier alpha value is -1.03. The first-order valence-electron chi connectivity index (χ1n) is 2.71. The van der Waals surface area contributed by atoms with E-state index in [9.17, 15) is 9.90 Å². The average Bonchev–Trinajstić information content (AvgIpc) is 1.88. The van der Waals surface area contributed by atoms with Gasteiger partial charge in [0.1, 0.15) is 5.75 Å². The molecule has 0 aliphatic rings. The molecule has 1 rings (SSSR count). The zero-order valence-electron chi connectivity index (χ0n) is 5.82. The summed E-state index contributed by atoms with van der Waals surface area (Å²) in [6, 6.07) is 5.64. The Balaban J connectivity index is 0. The van der Waals surface area contributed by atoms with E-state index in [1.54, 1.807) is 6.07 Å². The van der Waals surface area contributed by atoms with Crippen LogP contribution in [0.3, 0.4) is 0 Å². The van der Waals surface area contributed by atoms with Gasteiger partial charge in [-0.25, -0.2) is 0 Å². The van der Waals surface area contributed by atoms with Gasteiger partial charge in [-0.15, -0.1) is 0 Å². The maximum atomic E-state index is 10.2. The predicted molar refractivity (Wildman–Crippen MR) is 34.4 cm³/mol. The van der Waals surface area contributed by atoms with Gasteiger partial charge in [0.2, 0.25) is 0 Å². The van der Waals surface area contributed by atoms with Gasteiger partial charge in [0, 0.05) is 5.56 Å². The molecule has 0 unspecified atom stereocenters. The van der Waals surface area contributed by atoms with E-state index < -0.39 is 5.97 Å². The fourth-order valence-electron chi connectivity index (χ4n) is 0.646. The summed E-state index contributed by atoms with van der Waals surface area (Å²) in [5.41, 5.74) is -0.178. The minimum atomic E-state index is -1.36. The zero-order chi connectivity index (χ0) is 7.56. The molecule has 69 valence electrons. The van der Waals surface area contributed by atoms with Crippen LogP contribution < -0.4 is 5.11 Å². The molecule has 1 aromatic carbocycles. The number of benzene rings is 1. The Morgan fingerprint density at radius 2 is 1.83 bits per heavy atom. The summed E-state index contributed by atoms with van der Waals surface area (Å²) < 4.78 is 0. The average molecular weight is 218 g/mol. The van der Waals surface area contributed by atoms with E-state index in [1.807, 2.05) is 0 Å². The molecule has 0 atom stereocenters. The third-order valence-corrected chi connectivity index (χ3v) is 1.12. The van der Waals surface area contributed by atoms with Crippen LogP contribution in [-0.2, 0) is 17.1 Å².